The molecule has 182 valence electrons. The van der Waals surface area contributed by atoms with E-state index in [9.17, 15) is 18.0 Å². The number of rotatable bonds is 4. The maximum atomic E-state index is 12.7. The van der Waals surface area contributed by atoms with E-state index in [1.165, 1.54) is 11.3 Å². The predicted molar refractivity (Wildman–Crippen MR) is 112 cm³/mol. The molecule has 1 unspecified atom stereocenters. The molecule has 2 aromatic heterocycles. The van der Waals surface area contributed by atoms with Gasteiger partial charge in [-0.15, -0.1) is 11.3 Å². The van der Waals surface area contributed by atoms with Gasteiger partial charge in [-0.3, -0.25) is 4.79 Å². The van der Waals surface area contributed by atoms with Crippen molar-refractivity contribution in [1.29, 1.82) is 0 Å². The highest BCUT2D eigenvalue weighted by Crippen LogP contribution is 2.31. The highest BCUT2D eigenvalue weighted by Gasteiger charge is 2.38. The van der Waals surface area contributed by atoms with Crippen LogP contribution in [0.4, 0.5) is 18.3 Å². The number of nitrogens with one attached hydrogen (secondary N) is 1. The number of alkyl halides is 3. The van der Waals surface area contributed by atoms with E-state index in [4.69, 9.17) is 19.4 Å². The van der Waals surface area contributed by atoms with Crippen molar-refractivity contribution in [3.63, 3.8) is 0 Å². The first-order valence-electron chi connectivity index (χ1n) is 10.3. The molecule has 2 N–H and O–H groups in total. The summed E-state index contributed by atoms with van der Waals surface area (Å²) in [6.45, 7) is 6.72. The van der Waals surface area contributed by atoms with E-state index in [0.29, 0.717) is 31.5 Å². The number of ether oxygens (including phenoxy) is 2. The standard InChI is InChI=1S/C18H24N4O3S.C2HF3O2/c1-11-5-13(9-22-8-12(2)20-16(11)22)17(23)21-18-19-7-15(26-18)6-14-10-24-3-4-25-14;3-2(4,5)1(6)7/h7-8,11,13-14H,3-6,9-10H2,1-2H3,(H,19,21,23);(H,6,7)/t11-,13+,14?;/m1./s1. The molecular formula is C20H25F3N4O5S. The van der Waals surface area contributed by atoms with Crippen LogP contribution in [0.5, 0.6) is 0 Å². The van der Waals surface area contributed by atoms with Crippen LogP contribution >= 0.6 is 11.3 Å². The van der Waals surface area contributed by atoms with Crippen molar-refractivity contribution in [2.24, 2.45) is 5.92 Å². The molecule has 4 rings (SSSR count). The summed E-state index contributed by atoms with van der Waals surface area (Å²) >= 11 is 1.51. The van der Waals surface area contributed by atoms with Gasteiger partial charge in [-0.05, 0) is 13.3 Å². The molecule has 0 saturated carbocycles. The molecule has 0 bridgehead atoms. The van der Waals surface area contributed by atoms with Crippen LogP contribution in [-0.2, 0) is 32.0 Å². The number of halogens is 3. The Labute approximate surface area is 191 Å². The lowest BCUT2D eigenvalue weighted by Gasteiger charge is -2.27. The maximum Gasteiger partial charge on any atom is 0.490 e. The van der Waals surface area contributed by atoms with Crippen LogP contribution in [0.2, 0.25) is 0 Å². The summed E-state index contributed by atoms with van der Waals surface area (Å²) in [5.74, 6) is -1.42. The fourth-order valence-electron chi connectivity index (χ4n) is 3.69. The molecule has 0 spiro atoms. The molecule has 33 heavy (non-hydrogen) atoms. The Morgan fingerprint density at radius 3 is 2.73 bits per heavy atom. The largest absolute Gasteiger partial charge is 0.490 e. The van der Waals surface area contributed by atoms with Crippen molar-refractivity contribution in [2.75, 3.05) is 25.1 Å². The number of imidazole rings is 1. The molecule has 0 aromatic carbocycles. The summed E-state index contributed by atoms with van der Waals surface area (Å²) in [6.07, 6.45) is 0.423. The van der Waals surface area contributed by atoms with Gasteiger partial charge in [-0.2, -0.15) is 13.2 Å². The van der Waals surface area contributed by atoms with Gasteiger partial charge in [-0.1, -0.05) is 6.92 Å². The summed E-state index contributed by atoms with van der Waals surface area (Å²) in [5, 5.41) is 10.8. The highest BCUT2D eigenvalue weighted by molar-refractivity contribution is 7.15. The van der Waals surface area contributed by atoms with Crippen molar-refractivity contribution in [1.82, 2.24) is 14.5 Å². The molecule has 4 heterocycles. The number of aryl methyl sites for hydroxylation is 1. The van der Waals surface area contributed by atoms with Crippen molar-refractivity contribution >= 4 is 28.3 Å². The lowest BCUT2D eigenvalue weighted by atomic mass is 9.91. The van der Waals surface area contributed by atoms with Crippen molar-refractivity contribution < 1.29 is 37.3 Å². The molecule has 1 fully saturated rings. The zero-order chi connectivity index (χ0) is 24.2. The number of fused-ring (bicyclic) bond motifs is 1. The van der Waals surface area contributed by atoms with E-state index in [1.54, 1.807) is 0 Å². The maximum absolute atomic E-state index is 12.7. The molecule has 9 nitrogen and oxygen atoms in total. The van der Waals surface area contributed by atoms with Crippen LogP contribution in [0, 0.1) is 12.8 Å². The van der Waals surface area contributed by atoms with E-state index < -0.39 is 12.1 Å². The second kappa shape index (κ2) is 10.6. The van der Waals surface area contributed by atoms with Gasteiger partial charge >= 0.3 is 12.1 Å². The Morgan fingerprint density at radius 2 is 2.09 bits per heavy atom. The van der Waals surface area contributed by atoms with Crippen LogP contribution < -0.4 is 5.32 Å². The summed E-state index contributed by atoms with van der Waals surface area (Å²) in [6, 6.07) is 0. The number of thiazole rings is 1. The van der Waals surface area contributed by atoms with Gasteiger partial charge < -0.3 is 24.5 Å². The van der Waals surface area contributed by atoms with Gasteiger partial charge in [0.25, 0.3) is 0 Å². The van der Waals surface area contributed by atoms with E-state index >= 15 is 0 Å². The lowest BCUT2D eigenvalue weighted by molar-refractivity contribution is -0.192. The van der Waals surface area contributed by atoms with Gasteiger partial charge in [0.15, 0.2) is 5.13 Å². The highest BCUT2D eigenvalue weighted by atomic mass is 32.1. The summed E-state index contributed by atoms with van der Waals surface area (Å²) in [7, 11) is 0. The quantitative estimate of drug-likeness (QED) is 0.677. The second-order valence-corrected chi connectivity index (χ2v) is 9.04. The Hall–Kier alpha value is -2.51. The number of aromatic nitrogens is 3. The minimum Gasteiger partial charge on any atom is -0.475 e. The zero-order valence-electron chi connectivity index (χ0n) is 18.1. The topological polar surface area (TPSA) is 116 Å². The van der Waals surface area contributed by atoms with Gasteiger partial charge in [0.1, 0.15) is 5.82 Å². The van der Waals surface area contributed by atoms with Crippen LogP contribution in [0.3, 0.4) is 0 Å². The third kappa shape index (κ3) is 6.98. The molecule has 2 aromatic rings. The van der Waals surface area contributed by atoms with Gasteiger partial charge in [0.05, 0.1) is 37.5 Å². The molecule has 3 atom stereocenters. The van der Waals surface area contributed by atoms with Crippen LogP contribution in [0.15, 0.2) is 12.4 Å². The normalized spacial score (nSPS) is 22.6. The van der Waals surface area contributed by atoms with Gasteiger partial charge in [0.2, 0.25) is 5.91 Å². The first kappa shape index (κ1) is 25.1. The van der Waals surface area contributed by atoms with Crippen molar-refractivity contribution in [2.45, 2.75) is 51.4 Å². The second-order valence-electron chi connectivity index (χ2n) is 7.92. The van der Waals surface area contributed by atoms with E-state index in [1.807, 2.05) is 19.3 Å². The molecule has 1 amide bonds. The molecular weight excluding hydrogens is 465 g/mol. The Balaban J connectivity index is 0.000000383. The van der Waals surface area contributed by atoms with Crippen molar-refractivity contribution in [3.05, 3.63) is 28.8 Å². The lowest BCUT2D eigenvalue weighted by Crippen LogP contribution is -2.32. The number of carbonyl (C=O) groups is 2. The molecule has 2 aliphatic rings. The minimum absolute atomic E-state index is 0.0343. The molecule has 2 aliphatic heterocycles. The molecule has 13 heteroatoms. The fraction of sp³-hybridized carbons (Fsp3) is 0.600. The van der Waals surface area contributed by atoms with E-state index in [0.717, 1.165) is 29.2 Å². The Morgan fingerprint density at radius 1 is 1.36 bits per heavy atom. The number of carboxylic acid groups (broad SMARTS) is 1. The number of carbonyl (C=O) groups excluding carboxylic acids is 1. The predicted octanol–water partition coefficient (Wildman–Crippen LogP) is 3.00. The number of hydrogen-bond acceptors (Lipinski definition) is 7. The summed E-state index contributed by atoms with van der Waals surface area (Å²) in [4.78, 5) is 31.6. The zero-order valence-corrected chi connectivity index (χ0v) is 18.9. The van der Waals surface area contributed by atoms with E-state index in [-0.39, 0.29) is 23.8 Å². The van der Waals surface area contributed by atoms with Crippen LogP contribution in [0.25, 0.3) is 0 Å². The van der Waals surface area contributed by atoms with Crippen LogP contribution in [-0.4, -0.2) is 63.6 Å². The monoisotopic (exact) mass is 490 g/mol. The summed E-state index contributed by atoms with van der Waals surface area (Å²) in [5.41, 5.74) is 1.01. The van der Waals surface area contributed by atoms with Crippen LogP contribution in [0.1, 0.15) is 35.7 Å². The van der Waals surface area contributed by atoms with Crippen molar-refractivity contribution in [3.8, 4) is 0 Å². The third-order valence-corrected chi connectivity index (χ3v) is 6.07. The third-order valence-electron chi connectivity index (χ3n) is 5.13. The number of carboxylic acids is 1. The number of amides is 1. The SMILES string of the molecule is Cc1cn2c(n1)[C@H](C)C[C@H](C(=O)Nc1ncc(CC3COCCO3)s1)C2.O=C(O)C(F)(F)F. The number of hydrogen-bond donors (Lipinski definition) is 2. The van der Waals surface area contributed by atoms with Gasteiger partial charge in [0, 0.05) is 36.2 Å². The number of aliphatic carboxylic acids is 1. The smallest absolute Gasteiger partial charge is 0.475 e. The molecule has 0 radical (unpaired) electrons. The minimum atomic E-state index is -5.08. The number of nitrogens with zero attached hydrogens (tertiary/aromatic N) is 3. The first-order valence-corrected chi connectivity index (χ1v) is 11.1. The van der Waals surface area contributed by atoms with Gasteiger partial charge in [-0.25, -0.2) is 14.8 Å². The number of anilines is 1. The average molecular weight is 491 g/mol. The molecule has 0 aliphatic carbocycles. The first-order chi connectivity index (χ1) is 15.5. The Kier molecular flexibility index (Phi) is 8.08. The Bertz CT molecular complexity index is 971. The van der Waals surface area contributed by atoms with E-state index in [2.05, 4.69) is 26.8 Å². The fourth-order valence-corrected chi connectivity index (χ4v) is 4.57. The molecule has 1 saturated heterocycles. The average Bonchev–Trinajstić information content (AvgIpc) is 3.34. The summed E-state index contributed by atoms with van der Waals surface area (Å²) < 4.78 is 44.9.